The van der Waals surface area contributed by atoms with Crippen molar-refractivity contribution in [3.05, 3.63) is 86.4 Å². The minimum absolute atomic E-state index is 0.203. The molecule has 32 heavy (non-hydrogen) atoms. The molecule has 0 saturated heterocycles. The van der Waals surface area contributed by atoms with Gasteiger partial charge < -0.3 is 9.73 Å². The van der Waals surface area contributed by atoms with Crippen LogP contribution in [0.15, 0.2) is 80.2 Å². The highest BCUT2D eigenvalue weighted by Gasteiger charge is 2.17. The molecule has 5 aromatic rings. The number of benzene rings is 3. The molecule has 0 fully saturated rings. The number of halogens is 3. The SMILES string of the molecule is O=C(Nc1ccc(-c2n[nH]cc2-c2nc3cc(Cl)ccc3o2)cc1)c1cc(Br)cc(Br)c1. The number of aromatic nitrogens is 3. The summed E-state index contributed by atoms with van der Waals surface area (Å²) in [6.45, 7) is 0. The van der Waals surface area contributed by atoms with Gasteiger partial charge in [0.15, 0.2) is 5.58 Å². The largest absolute Gasteiger partial charge is 0.436 e. The second-order valence-electron chi connectivity index (χ2n) is 6.97. The van der Waals surface area contributed by atoms with Crippen LogP contribution in [0, 0.1) is 0 Å². The molecule has 1 amide bonds. The average Bonchev–Trinajstić information content (AvgIpc) is 3.40. The Morgan fingerprint density at radius 1 is 1.00 bits per heavy atom. The number of amides is 1. The maximum absolute atomic E-state index is 12.6. The first-order chi connectivity index (χ1) is 15.5. The van der Waals surface area contributed by atoms with Crippen LogP contribution in [0.5, 0.6) is 0 Å². The van der Waals surface area contributed by atoms with Gasteiger partial charge in [-0.2, -0.15) is 5.10 Å². The monoisotopic (exact) mass is 570 g/mol. The predicted octanol–water partition coefficient (Wildman–Crippen LogP) is 7.32. The molecule has 5 rings (SSSR count). The van der Waals surface area contributed by atoms with Crippen LogP contribution in [-0.4, -0.2) is 21.1 Å². The summed E-state index contributed by atoms with van der Waals surface area (Å²) in [6, 6.07) is 18.1. The molecule has 0 aliphatic heterocycles. The number of oxazole rings is 1. The lowest BCUT2D eigenvalue weighted by Gasteiger charge is -2.07. The fourth-order valence-corrected chi connectivity index (χ4v) is 4.75. The van der Waals surface area contributed by atoms with Gasteiger partial charge in [-0.3, -0.25) is 9.89 Å². The summed E-state index contributed by atoms with van der Waals surface area (Å²) >= 11 is 12.8. The van der Waals surface area contributed by atoms with E-state index in [9.17, 15) is 4.79 Å². The van der Waals surface area contributed by atoms with Crippen LogP contribution < -0.4 is 5.32 Å². The predicted molar refractivity (Wildman–Crippen MR) is 132 cm³/mol. The summed E-state index contributed by atoms with van der Waals surface area (Å²) in [7, 11) is 0. The lowest BCUT2D eigenvalue weighted by molar-refractivity contribution is 0.102. The van der Waals surface area contributed by atoms with Crippen molar-refractivity contribution in [3.63, 3.8) is 0 Å². The number of anilines is 1. The number of nitrogens with one attached hydrogen (secondary N) is 2. The fraction of sp³-hybridized carbons (Fsp3) is 0. The van der Waals surface area contributed by atoms with Crippen molar-refractivity contribution in [1.29, 1.82) is 0 Å². The van der Waals surface area contributed by atoms with E-state index in [0.717, 1.165) is 20.1 Å². The Morgan fingerprint density at radius 2 is 1.75 bits per heavy atom. The standard InChI is InChI=1S/C23H13Br2ClN4O2/c24-14-7-13(8-15(25)9-14)22(31)28-17-4-1-12(2-5-17)21-18(11-27-30-21)23-29-19-10-16(26)3-6-20(19)32-23/h1-11H,(H,27,30)(H,28,31). The first-order valence-electron chi connectivity index (χ1n) is 9.44. The number of fused-ring (bicyclic) bond motifs is 1. The van der Waals surface area contributed by atoms with Crippen molar-refractivity contribution in [2.45, 2.75) is 0 Å². The number of H-pyrrole nitrogens is 1. The molecule has 0 radical (unpaired) electrons. The molecule has 2 aromatic heterocycles. The molecule has 158 valence electrons. The average molecular weight is 573 g/mol. The van der Waals surface area contributed by atoms with Gasteiger partial charge in [0.2, 0.25) is 5.89 Å². The van der Waals surface area contributed by atoms with Crippen molar-refractivity contribution in [3.8, 4) is 22.7 Å². The second kappa shape index (κ2) is 8.54. The Bertz CT molecular complexity index is 1440. The summed E-state index contributed by atoms with van der Waals surface area (Å²) in [5.74, 6) is 0.244. The number of hydrogen-bond acceptors (Lipinski definition) is 4. The topological polar surface area (TPSA) is 83.8 Å². The Morgan fingerprint density at radius 3 is 2.50 bits per heavy atom. The van der Waals surface area contributed by atoms with Gasteiger partial charge in [-0.05, 0) is 48.5 Å². The van der Waals surface area contributed by atoms with Crippen LogP contribution in [0.1, 0.15) is 10.4 Å². The maximum atomic E-state index is 12.6. The van der Waals surface area contributed by atoms with Gasteiger partial charge in [-0.1, -0.05) is 55.6 Å². The molecule has 3 aromatic carbocycles. The summed E-state index contributed by atoms with van der Waals surface area (Å²) in [6.07, 6.45) is 1.74. The van der Waals surface area contributed by atoms with Crippen LogP contribution in [0.25, 0.3) is 33.8 Å². The van der Waals surface area contributed by atoms with E-state index in [-0.39, 0.29) is 5.91 Å². The Hall–Kier alpha value is -2.94. The highest BCUT2D eigenvalue weighted by Crippen LogP contribution is 2.33. The molecular formula is C23H13Br2ClN4O2. The quantitative estimate of drug-likeness (QED) is 0.236. The first-order valence-corrected chi connectivity index (χ1v) is 11.4. The van der Waals surface area contributed by atoms with Crippen LogP contribution in [0.2, 0.25) is 5.02 Å². The van der Waals surface area contributed by atoms with E-state index in [0.29, 0.717) is 39.0 Å². The van der Waals surface area contributed by atoms with Gasteiger partial charge in [0.1, 0.15) is 11.2 Å². The number of hydrogen-bond donors (Lipinski definition) is 2. The molecule has 2 N–H and O–H groups in total. The van der Waals surface area contributed by atoms with Gasteiger partial charge in [-0.25, -0.2) is 4.98 Å². The minimum Gasteiger partial charge on any atom is -0.436 e. The maximum Gasteiger partial charge on any atom is 0.255 e. The van der Waals surface area contributed by atoms with Crippen LogP contribution >= 0.6 is 43.5 Å². The lowest BCUT2D eigenvalue weighted by atomic mass is 10.1. The van der Waals surface area contributed by atoms with E-state index >= 15 is 0 Å². The van der Waals surface area contributed by atoms with E-state index < -0.39 is 0 Å². The smallest absolute Gasteiger partial charge is 0.255 e. The van der Waals surface area contributed by atoms with Crippen LogP contribution in [0.4, 0.5) is 5.69 Å². The normalized spacial score (nSPS) is 11.1. The van der Waals surface area contributed by atoms with Crippen molar-refractivity contribution < 1.29 is 9.21 Å². The van der Waals surface area contributed by atoms with Gasteiger partial charge in [0, 0.05) is 37.0 Å². The molecule has 6 nitrogen and oxygen atoms in total. The second-order valence-corrected chi connectivity index (χ2v) is 9.24. The lowest BCUT2D eigenvalue weighted by Crippen LogP contribution is -2.11. The van der Waals surface area contributed by atoms with Gasteiger partial charge in [0.25, 0.3) is 5.91 Å². The Balaban J connectivity index is 1.40. The zero-order chi connectivity index (χ0) is 22.2. The highest BCUT2D eigenvalue weighted by atomic mass is 79.9. The molecule has 0 spiro atoms. The van der Waals surface area contributed by atoms with Crippen LogP contribution in [-0.2, 0) is 0 Å². The van der Waals surface area contributed by atoms with E-state index in [1.54, 1.807) is 36.5 Å². The summed E-state index contributed by atoms with van der Waals surface area (Å²) in [5, 5.41) is 10.7. The van der Waals surface area contributed by atoms with E-state index in [2.05, 4.69) is 52.4 Å². The molecule has 9 heteroatoms. The molecule has 0 aliphatic carbocycles. The van der Waals surface area contributed by atoms with Crippen molar-refractivity contribution in [2.75, 3.05) is 5.32 Å². The van der Waals surface area contributed by atoms with Crippen LogP contribution in [0.3, 0.4) is 0 Å². The zero-order valence-corrected chi connectivity index (χ0v) is 20.1. The van der Waals surface area contributed by atoms with Gasteiger partial charge in [-0.15, -0.1) is 0 Å². The molecule has 2 heterocycles. The van der Waals surface area contributed by atoms with Crippen molar-refractivity contribution in [1.82, 2.24) is 15.2 Å². The molecule has 0 aliphatic rings. The molecule has 0 unspecified atom stereocenters. The number of carbonyl (C=O) groups is 1. The van der Waals surface area contributed by atoms with Gasteiger partial charge in [0.05, 0.1) is 5.56 Å². The summed E-state index contributed by atoms with van der Waals surface area (Å²) in [5.41, 5.74) is 4.81. The molecule has 0 saturated carbocycles. The molecule has 0 atom stereocenters. The zero-order valence-electron chi connectivity index (χ0n) is 16.2. The third-order valence-corrected chi connectivity index (χ3v) is 5.91. The Kier molecular flexibility index (Phi) is 5.58. The van der Waals surface area contributed by atoms with E-state index in [1.807, 2.05) is 30.3 Å². The molecule has 0 bridgehead atoms. The van der Waals surface area contributed by atoms with Crippen molar-refractivity contribution >= 4 is 66.2 Å². The summed E-state index contributed by atoms with van der Waals surface area (Å²) in [4.78, 5) is 17.1. The number of rotatable bonds is 4. The fourth-order valence-electron chi connectivity index (χ4n) is 3.29. The third-order valence-electron chi connectivity index (χ3n) is 4.76. The van der Waals surface area contributed by atoms with E-state index in [4.69, 9.17) is 16.0 Å². The third kappa shape index (κ3) is 4.21. The molecular weight excluding hydrogens is 560 g/mol. The highest BCUT2D eigenvalue weighted by molar-refractivity contribution is 9.11. The van der Waals surface area contributed by atoms with Gasteiger partial charge >= 0.3 is 0 Å². The Labute approximate surface area is 204 Å². The number of nitrogens with zero attached hydrogens (tertiary/aromatic N) is 2. The van der Waals surface area contributed by atoms with E-state index in [1.165, 1.54) is 0 Å². The van der Waals surface area contributed by atoms with Crippen molar-refractivity contribution in [2.24, 2.45) is 0 Å². The number of carbonyl (C=O) groups excluding carboxylic acids is 1. The summed E-state index contributed by atoms with van der Waals surface area (Å²) < 4.78 is 7.52. The minimum atomic E-state index is -0.203. The first kappa shape index (κ1) is 20.9. The number of aromatic amines is 1.